The van der Waals surface area contributed by atoms with Crippen molar-refractivity contribution in [3.63, 3.8) is 0 Å². The molecule has 24 heavy (non-hydrogen) atoms. The van der Waals surface area contributed by atoms with Crippen molar-refractivity contribution in [1.82, 2.24) is 9.80 Å². The molecule has 1 heterocycles. The fourth-order valence-electron chi connectivity index (χ4n) is 2.69. The van der Waals surface area contributed by atoms with Gasteiger partial charge >= 0.3 is 5.97 Å². The van der Waals surface area contributed by atoms with Crippen LogP contribution in [0.25, 0.3) is 0 Å². The van der Waals surface area contributed by atoms with Crippen molar-refractivity contribution in [3.05, 3.63) is 35.1 Å². The summed E-state index contributed by atoms with van der Waals surface area (Å²) in [6.07, 6.45) is 1.73. The van der Waals surface area contributed by atoms with Gasteiger partial charge in [0.25, 0.3) is 5.91 Å². The highest BCUT2D eigenvalue weighted by Crippen LogP contribution is 2.13. The van der Waals surface area contributed by atoms with Gasteiger partial charge in [-0.2, -0.15) is 0 Å². The summed E-state index contributed by atoms with van der Waals surface area (Å²) in [5.74, 6) is -1.24. The maximum atomic E-state index is 13.6. The lowest BCUT2D eigenvalue weighted by atomic mass is 10.1. The van der Waals surface area contributed by atoms with Crippen molar-refractivity contribution in [1.29, 1.82) is 0 Å². The lowest BCUT2D eigenvalue weighted by Gasteiger charge is -2.34. The molecule has 1 aliphatic heterocycles. The van der Waals surface area contributed by atoms with Gasteiger partial charge in [-0.25, -0.2) is 4.39 Å². The summed E-state index contributed by atoms with van der Waals surface area (Å²) in [6, 6.07) is 4.59. The second kappa shape index (κ2) is 9.59. The van der Waals surface area contributed by atoms with Crippen LogP contribution in [0.2, 0.25) is 0 Å². The van der Waals surface area contributed by atoms with Gasteiger partial charge in [0.2, 0.25) is 0 Å². The number of aryl methyl sites for hydroxylation is 1. The summed E-state index contributed by atoms with van der Waals surface area (Å²) >= 11 is 0. The van der Waals surface area contributed by atoms with E-state index in [2.05, 4.69) is 4.90 Å². The van der Waals surface area contributed by atoms with E-state index >= 15 is 0 Å². The van der Waals surface area contributed by atoms with Gasteiger partial charge in [-0.1, -0.05) is 6.07 Å². The lowest BCUT2D eigenvalue weighted by Crippen LogP contribution is -2.48. The number of carboxylic acids is 1. The molecule has 0 aromatic heterocycles. The predicted molar refractivity (Wildman–Crippen MR) is 92.2 cm³/mol. The second-order valence-corrected chi connectivity index (χ2v) is 5.95. The summed E-state index contributed by atoms with van der Waals surface area (Å²) in [4.78, 5) is 26.8. The number of rotatable bonds is 6. The van der Waals surface area contributed by atoms with Crippen LogP contribution in [0.1, 0.15) is 35.2 Å². The molecule has 1 aromatic carbocycles. The first-order valence-corrected chi connectivity index (χ1v) is 7.97. The summed E-state index contributed by atoms with van der Waals surface area (Å²) in [7, 11) is 0. The van der Waals surface area contributed by atoms with Gasteiger partial charge in [0.1, 0.15) is 5.82 Å². The third-order valence-electron chi connectivity index (χ3n) is 4.19. The van der Waals surface area contributed by atoms with E-state index in [4.69, 9.17) is 5.11 Å². The minimum atomic E-state index is -0.759. The Bertz CT molecular complexity index is 575. The van der Waals surface area contributed by atoms with Gasteiger partial charge in [0.05, 0.1) is 0 Å². The van der Waals surface area contributed by atoms with E-state index in [0.29, 0.717) is 30.6 Å². The largest absolute Gasteiger partial charge is 0.481 e. The molecule has 0 aliphatic carbocycles. The van der Waals surface area contributed by atoms with Crippen LogP contribution in [-0.2, 0) is 4.79 Å². The molecule has 0 bridgehead atoms. The van der Waals surface area contributed by atoms with Crippen molar-refractivity contribution in [3.8, 4) is 0 Å². The molecule has 2 rings (SSSR count). The van der Waals surface area contributed by atoms with Crippen LogP contribution >= 0.6 is 12.4 Å². The standard InChI is InChI=1S/C17H23FN2O3.ClH/c1-13-5-6-14(12-15(13)18)17(23)20-10-8-19(9-11-20)7-3-2-4-16(21)22;/h5-6,12H,2-4,7-11H2,1H3,(H,21,22);1H. The Morgan fingerprint density at radius 3 is 2.42 bits per heavy atom. The Kier molecular flexibility index (Phi) is 8.15. The number of carboxylic acid groups (broad SMARTS) is 1. The molecule has 0 unspecified atom stereocenters. The first-order chi connectivity index (χ1) is 11.0. The van der Waals surface area contributed by atoms with Gasteiger partial charge in [-0.15, -0.1) is 12.4 Å². The normalized spacial score (nSPS) is 15.0. The number of benzene rings is 1. The third kappa shape index (κ3) is 5.76. The van der Waals surface area contributed by atoms with Gasteiger partial charge < -0.3 is 10.0 Å². The molecule has 1 fully saturated rings. The average Bonchev–Trinajstić information content (AvgIpc) is 2.54. The molecular formula is C17H24ClFN2O3. The molecule has 1 amide bonds. The summed E-state index contributed by atoms with van der Waals surface area (Å²) in [5.41, 5.74) is 0.927. The van der Waals surface area contributed by atoms with Crippen LogP contribution < -0.4 is 0 Å². The van der Waals surface area contributed by atoms with Gasteiger partial charge in [-0.05, 0) is 44.0 Å². The Balaban J connectivity index is 0.00000288. The maximum Gasteiger partial charge on any atom is 0.303 e. The number of carbonyl (C=O) groups excluding carboxylic acids is 1. The molecule has 0 saturated carbocycles. The van der Waals surface area contributed by atoms with E-state index in [-0.39, 0.29) is 30.6 Å². The highest BCUT2D eigenvalue weighted by Gasteiger charge is 2.22. The van der Waals surface area contributed by atoms with E-state index in [0.717, 1.165) is 26.1 Å². The first-order valence-electron chi connectivity index (χ1n) is 7.97. The number of nitrogens with zero attached hydrogens (tertiary/aromatic N) is 2. The van der Waals surface area contributed by atoms with Crippen molar-refractivity contribution in [2.45, 2.75) is 26.2 Å². The molecule has 1 N–H and O–H groups in total. The maximum absolute atomic E-state index is 13.6. The summed E-state index contributed by atoms with van der Waals surface area (Å²) < 4.78 is 13.6. The van der Waals surface area contributed by atoms with Gasteiger partial charge in [-0.3, -0.25) is 14.5 Å². The quantitative estimate of drug-likeness (QED) is 0.794. The van der Waals surface area contributed by atoms with E-state index in [1.54, 1.807) is 24.0 Å². The number of hydrogen-bond acceptors (Lipinski definition) is 3. The van der Waals surface area contributed by atoms with Crippen molar-refractivity contribution in [2.75, 3.05) is 32.7 Å². The van der Waals surface area contributed by atoms with Crippen LogP contribution in [0.15, 0.2) is 18.2 Å². The van der Waals surface area contributed by atoms with Gasteiger partial charge in [0.15, 0.2) is 0 Å². The van der Waals surface area contributed by atoms with Crippen LogP contribution in [0, 0.1) is 12.7 Å². The molecule has 1 aliphatic rings. The van der Waals surface area contributed by atoms with Crippen molar-refractivity contribution >= 4 is 24.3 Å². The van der Waals surface area contributed by atoms with Crippen molar-refractivity contribution < 1.29 is 19.1 Å². The average molecular weight is 359 g/mol. The molecular weight excluding hydrogens is 335 g/mol. The highest BCUT2D eigenvalue weighted by atomic mass is 35.5. The van der Waals surface area contributed by atoms with Crippen molar-refractivity contribution in [2.24, 2.45) is 0 Å². The molecule has 1 saturated heterocycles. The van der Waals surface area contributed by atoms with Crippen LogP contribution in [-0.4, -0.2) is 59.5 Å². The fourth-order valence-corrected chi connectivity index (χ4v) is 2.69. The van der Waals surface area contributed by atoms with Gasteiger partial charge in [0, 0.05) is 38.2 Å². The minimum Gasteiger partial charge on any atom is -0.481 e. The first kappa shape index (κ1) is 20.4. The summed E-state index contributed by atoms with van der Waals surface area (Å²) in [5, 5.41) is 8.61. The molecule has 0 spiro atoms. The molecule has 7 heteroatoms. The van der Waals surface area contributed by atoms with E-state index in [9.17, 15) is 14.0 Å². The molecule has 0 radical (unpaired) electrons. The predicted octanol–water partition coefficient (Wildman–Crippen LogP) is 2.57. The second-order valence-electron chi connectivity index (χ2n) is 5.95. The van der Waals surface area contributed by atoms with E-state index < -0.39 is 5.97 Å². The topological polar surface area (TPSA) is 60.9 Å². The highest BCUT2D eigenvalue weighted by molar-refractivity contribution is 5.94. The minimum absolute atomic E-state index is 0. The zero-order valence-electron chi connectivity index (χ0n) is 13.8. The molecule has 134 valence electrons. The number of unbranched alkanes of at least 4 members (excludes halogenated alkanes) is 1. The van der Waals surface area contributed by atoms with Crippen LogP contribution in [0.5, 0.6) is 0 Å². The summed E-state index contributed by atoms with van der Waals surface area (Å²) in [6.45, 7) is 5.31. The zero-order chi connectivity index (χ0) is 16.8. The number of aliphatic carboxylic acids is 1. The fraction of sp³-hybridized carbons (Fsp3) is 0.529. The van der Waals surface area contributed by atoms with Crippen LogP contribution in [0.4, 0.5) is 4.39 Å². The van der Waals surface area contributed by atoms with Crippen LogP contribution in [0.3, 0.4) is 0 Å². The molecule has 0 atom stereocenters. The Labute approximate surface area is 147 Å². The zero-order valence-corrected chi connectivity index (χ0v) is 14.6. The van der Waals surface area contributed by atoms with E-state index in [1.165, 1.54) is 6.07 Å². The number of halogens is 2. The monoisotopic (exact) mass is 358 g/mol. The Morgan fingerprint density at radius 1 is 1.17 bits per heavy atom. The Hall–Kier alpha value is -1.66. The van der Waals surface area contributed by atoms with E-state index in [1.807, 2.05) is 0 Å². The molecule has 1 aromatic rings. The number of hydrogen-bond donors (Lipinski definition) is 1. The lowest BCUT2D eigenvalue weighted by molar-refractivity contribution is -0.137. The number of carbonyl (C=O) groups is 2. The third-order valence-corrected chi connectivity index (χ3v) is 4.19. The Morgan fingerprint density at radius 2 is 1.83 bits per heavy atom. The molecule has 5 nitrogen and oxygen atoms in total. The SMILES string of the molecule is Cc1ccc(C(=O)N2CCN(CCCCC(=O)O)CC2)cc1F.Cl. The number of piperazine rings is 1. The number of amides is 1. The smallest absolute Gasteiger partial charge is 0.303 e.